The molecule has 2 aliphatic rings. The van der Waals surface area contributed by atoms with E-state index < -0.39 is 0 Å². The van der Waals surface area contributed by atoms with Gasteiger partial charge in [0.1, 0.15) is 11.5 Å². The minimum Gasteiger partial charge on any atom is -0.455 e. The molecular formula is C47H33NOS2. The molecule has 4 heteroatoms. The Labute approximate surface area is 306 Å². The van der Waals surface area contributed by atoms with Gasteiger partial charge in [0.2, 0.25) is 0 Å². The van der Waals surface area contributed by atoms with Gasteiger partial charge in [0.15, 0.2) is 0 Å². The molecule has 0 amide bonds. The summed E-state index contributed by atoms with van der Waals surface area (Å²) in [5.74, 6) is 1.82. The van der Waals surface area contributed by atoms with Crippen LogP contribution in [0.15, 0.2) is 183 Å². The standard InChI is InChI=1S/C47H33NOS2/c1-47(2)37-18-7-9-23-43(37)50-46-38(47)19-12-20-39(46)48(40-29-31-13-3-4-14-33(31)35-15-5-6-16-36(35)40)32-27-25-30(26-28-32)34-17-11-22-42-45(34)51-44-24-10-8-21-41(44)49-42/h3-29H,1-2H3. The van der Waals surface area contributed by atoms with Gasteiger partial charge in [-0.15, -0.1) is 0 Å². The molecule has 0 atom stereocenters. The van der Waals surface area contributed by atoms with Crippen LogP contribution in [0.1, 0.15) is 25.0 Å². The summed E-state index contributed by atoms with van der Waals surface area (Å²) in [7, 11) is 0. The van der Waals surface area contributed by atoms with Crippen LogP contribution in [0.25, 0.3) is 32.7 Å². The van der Waals surface area contributed by atoms with Gasteiger partial charge in [0, 0.05) is 26.3 Å². The Morgan fingerprint density at radius 2 is 1.14 bits per heavy atom. The summed E-state index contributed by atoms with van der Waals surface area (Å²) < 4.78 is 6.36. The van der Waals surface area contributed by atoms with Gasteiger partial charge in [-0.2, -0.15) is 0 Å². The Morgan fingerprint density at radius 3 is 2.00 bits per heavy atom. The van der Waals surface area contributed by atoms with Crippen LogP contribution < -0.4 is 9.64 Å². The number of hydrogen-bond acceptors (Lipinski definition) is 4. The van der Waals surface area contributed by atoms with Crippen LogP contribution in [0.2, 0.25) is 0 Å². The second kappa shape index (κ2) is 11.8. The molecule has 2 nitrogen and oxygen atoms in total. The Balaban J connectivity index is 1.17. The van der Waals surface area contributed by atoms with Crippen molar-refractivity contribution in [3.63, 3.8) is 0 Å². The number of benzene rings is 8. The van der Waals surface area contributed by atoms with Gasteiger partial charge < -0.3 is 9.64 Å². The summed E-state index contributed by atoms with van der Waals surface area (Å²) in [6.07, 6.45) is 0. The maximum absolute atomic E-state index is 6.36. The highest BCUT2D eigenvalue weighted by atomic mass is 32.2. The van der Waals surface area contributed by atoms with E-state index >= 15 is 0 Å². The highest BCUT2D eigenvalue weighted by molar-refractivity contribution is 8.00. The van der Waals surface area contributed by atoms with Crippen LogP contribution in [0, 0.1) is 0 Å². The molecule has 10 rings (SSSR count). The van der Waals surface area contributed by atoms with Crippen molar-refractivity contribution < 1.29 is 4.74 Å². The molecule has 0 unspecified atom stereocenters. The molecule has 0 aromatic heterocycles. The smallest absolute Gasteiger partial charge is 0.142 e. The fourth-order valence-electron chi connectivity index (χ4n) is 7.82. The summed E-state index contributed by atoms with van der Waals surface area (Å²) in [5.41, 5.74) is 8.39. The van der Waals surface area contributed by atoms with E-state index in [0.29, 0.717) is 0 Å². The second-order valence-electron chi connectivity index (χ2n) is 13.7. The van der Waals surface area contributed by atoms with E-state index in [4.69, 9.17) is 4.74 Å². The Bertz CT molecular complexity index is 2660. The zero-order valence-electron chi connectivity index (χ0n) is 28.3. The van der Waals surface area contributed by atoms with E-state index in [1.165, 1.54) is 59.4 Å². The van der Waals surface area contributed by atoms with E-state index in [2.05, 4.69) is 170 Å². The maximum atomic E-state index is 6.36. The summed E-state index contributed by atoms with van der Waals surface area (Å²) in [5, 5.41) is 4.97. The molecule has 244 valence electrons. The SMILES string of the molecule is CC1(C)c2ccccc2Sc2c(N(c3ccc(-c4cccc5c4Sc4ccccc4O5)cc3)c3cc4ccccc4c4ccccc34)cccc21. The molecule has 0 aliphatic carbocycles. The summed E-state index contributed by atoms with van der Waals surface area (Å²) in [6.45, 7) is 4.72. The minimum atomic E-state index is -0.140. The van der Waals surface area contributed by atoms with Crippen molar-refractivity contribution >= 4 is 62.1 Å². The Morgan fingerprint density at radius 1 is 0.490 bits per heavy atom. The number of para-hydroxylation sites is 1. The molecule has 0 radical (unpaired) electrons. The monoisotopic (exact) mass is 691 g/mol. The zero-order valence-corrected chi connectivity index (χ0v) is 29.9. The van der Waals surface area contributed by atoms with Crippen LogP contribution in [0.5, 0.6) is 11.5 Å². The van der Waals surface area contributed by atoms with Gasteiger partial charge in [0.25, 0.3) is 0 Å². The quantitative estimate of drug-likeness (QED) is 0.170. The van der Waals surface area contributed by atoms with Crippen LogP contribution in [-0.4, -0.2) is 0 Å². The third-order valence-electron chi connectivity index (χ3n) is 10.4. The summed E-state index contributed by atoms with van der Waals surface area (Å²) in [6, 6.07) is 59.4. The summed E-state index contributed by atoms with van der Waals surface area (Å²) >= 11 is 3.67. The number of fused-ring (bicyclic) bond motifs is 7. The van der Waals surface area contributed by atoms with Crippen molar-refractivity contribution in [2.75, 3.05) is 4.90 Å². The van der Waals surface area contributed by atoms with Gasteiger partial charge in [0.05, 0.1) is 21.2 Å². The number of ether oxygens (including phenoxy) is 1. The first-order valence-electron chi connectivity index (χ1n) is 17.3. The molecule has 0 N–H and O–H groups in total. The van der Waals surface area contributed by atoms with Crippen molar-refractivity contribution in [2.24, 2.45) is 0 Å². The molecule has 2 heterocycles. The van der Waals surface area contributed by atoms with E-state index in [1.54, 1.807) is 11.8 Å². The molecule has 0 saturated heterocycles. The first-order valence-corrected chi connectivity index (χ1v) is 19.0. The van der Waals surface area contributed by atoms with E-state index in [-0.39, 0.29) is 5.41 Å². The molecule has 0 saturated carbocycles. The zero-order chi connectivity index (χ0) is 34.1. The first kappa shape index (κ1) is 30.4. The van der Waals surface area contributed by atoms with Crippen LogP contribution >= 0.6 is 23.5 Å². The first-order chi connectivity index (χ1) is 25.0. The van der Waals surface area contributed by atoms with Gasteiger partial charge >= 0.3 is 0 Å². The summed E-state index contributed by atoms with van der Waals surface area (Å²) in [4.78, 5) is 7.39. The van der Waals surface area contributed by atoms with Gasteiger partial charge in [-0.3, -0.25) is 0 Å². The van der Waals surface area contributed by atoms with Crippen molar-refractivity contribution in [1.82, 2.24) is 0 Å². The predicted octanol–water partition coefficient (Wildman–Crippen LogP) is 14.2. The molecule has 0 fully saturated rings. The highest BCUT2D eigenvalue weighted by Gasteiger charge is 2.35. The topological polar surface area (TPSA) is 12.5 Å². The maximum Gasteiger partial charge on any atom is 0.142 e. The van der Waals surface area contributed by atoms with E-state index in [1.807, 2.05) is 23.9 Å². The lowest BCUT2D eigenvalue weighted by Crippen LogP contribution is -2.25. The average Bonchev–Trinajstić information content (AvgIpc) is 3.17. The molecule has 2 aliphatic heterocycles. The van der Waals surface area contributed by atoms with Crippen molar-refractivity contribution in [3.05, 3.63) is 175 Å². The van der Waals surface area contributed by atoms with E-state index in [0.717, 1.165) is 32.5 Å². The number of anilines is 3. The molecule has 0 spiro atoms. The largest absolute Gasteiger partial charge is 0.455 e. The van der Waals surface area contributed by atoms with Gasteiger partial charge in [-0.05, 0) is 86.9 Å². The van der Waals surface area contributed by atoms with Crippen molar-refractivity contribution in [3.8, 4) is 22.6 Å². The van der Waals surface area contributed by atoms with Crippen molar-refractivity contribution in [1.29, 1.82) is 0 Å². The minimum absolute atomic E-state index is 0.140. The van der Waals surface area contributed by atoms with Crippen LogP contribution in [0.3, 0.4) is 0 Å². The molecule has 0 bridgehead atoms. The van der Waals surface area contributed by atoms with Gasteiger partial charge in [-0.25, -0.2) is 0 Å². The fourth-order valence-corrected chi connectivity index (χ4v) is 10.4. The lowest BCUT2D eigenvalue weighted by atomic mass is 9.77. The molecular weight excluding hydrogens is 659 g/mol. The third kappa shape index (κ3) is 4.89. The number of nitrogens with zero attached hydrogens (tertiary/aromatic N) is 1. The molecule has 8 aromatic rings. The average molecular weight is 692 g/mol. The Hall–Kier alpha value is -5.42. The van der Waals surface area contributed by atoms with E-state index in [9.17, 15) is 0 Å². The molecule has 8 aromatic carbocycles. The highest BCUT2D eigenvalue weighted by Crippen LogP contribution is 2.55. The normalized spacial score (nSPS) is 13.8. The lowest BCUT2D eigenvalue weighted by Gasteiger charge is -2.38. The van der Waals surface area contributed by atoms with Gasteiger partial charge in [-0.1, -0.05) is 153 Å². The van der Waals surface area contributed by atoms with Crippen molar-refractivity contribution in [2.45, 2.75) is 38.8 Å². The lowest BCUT2D eigenvalue weighted by molar-refractivity contribution is 0.455. The predicted molar refractivity (Wildman–Crippen MR) is 215 cm³/mol. The molecule has 51 heavy (non-hydrogen) atoms. The van der Waals surface area contributed by atoms with Crippen LogP contribution in [0.4, 0.5) is 17.1 Å². The number of hydrogen-bond donors (Lipinski definition) is 0. The fraction of sp³-hybridized carbons (Fsp3) is 0.0638. The second-order valence-corrected chi connectivity index (χ2v) is 15.8. The Kier molecular flexibility index (Phi) is 7.06. The van der Waals surface area contributed by atoms with Crippen LogP contribution in [-0.2, 0) is 5.41 Å². The number of rotatable bonds is 4. The third-order valence-corrected chi connectivity index (χ3v) is 12.8.